The van der Waals surface area contributed by atoms with Gasteiger partial charge < -0.3 is 10.4 Å². The molecule has 6 heteroatoms. The Morgan fingerprint density at radius 1 is 1.39 bits per heavy atom. The van der Waals surface area contributed by atoms with E-state index in [1.807, 2.05) is 0 Å². The number of nitrogens with one attached hydrogen (secondary N) is 1. The van der Waals surface area contributed by atoms with Gasteiger partial charge >= 0.3 is 5.97 Å². The lowest BCUT2D eigenvalue weighted by atomic mass is 9.86. The Morgan fingerprint density at radius 3 is 2.56 bits per heavy atom. The fourth-order valence-electron chi connectivity index (χ4n) is 2.29. The number of halogens is 1. The van der Waals surface area contributed by atoms with Crippen LogP contribution >= 0.6 is 22.9 Å². The second-order valence-electron chi connectivity index (χ2n) is 4.58. The first-order valence-corrected chi connectivity index (χ1v) is 7.00. The number of amides is 1. The van der Waals surface area contributed by atoms with E-state index in [-0.39, 0.29) is 12.5 Å². The zero-order valence-electron chi connectivity index (χ0n) is 9.74. The average Bonchev–Trinajstić information content (AvgIpc) is 2.95. The summed E-state index contributed by atoms with van der Waals surface area (Å²) in [6.45, 7) is 0.191. The first-order chi connectivity index (χ1) is 8.53. The van der Waals surface area contributed by atoms with Crippen molar-refractivity contribution < 1.29 is 14.7 Å². The summed E-state index contributed by atoms with van der Waals surface area (Å²) in [7, 11) is 0. The molecule has 1 aromatic rings. The summed E-state index contributed by atoms with van der Waals surface area (Å²) in [4.78, 5) is 23.6. The molecule has 1 saturated carbocycles. The van der Waals surface area contributed by atoms with Gasteiger partial charge in [-0.1, -0.05) is 24.4 Å². The molecule has 4 nitrogen and oxygen atoms in total. The van der Waals surface area contributed by atoms with Crippen molar-refractivity contribution in [1.82, 2.24) is 5.32 Å². The van der Waals surface area contributed by atoms with Gasteiger partial charge in [0, 0.05) is 6.54 Å². The molecule has 0 spiro atoms. The smallest absolute Gasteiger partial charge is 0.311 e. The third-order valence-corrected chi connectivity index (χ3v) is 4.63. The van der Waals surface area contributed by atoms with Gasteiger partial charge in [0.25, 0.3) is 5.91 Å². The molecule has 0 bridgehead atoms. The van der Waals surface area contributed by atoms with Crippen molar-refractivity contribution in [2.24, 2.45) is 5.41 Å². The Labute approximate surface area is 114 Å². The molecule has 0 aromatic carbocycles. The third-order valence-electron chi connectivity index (χ3n) is 3.40. The van der Waals surface area contributed by atoms with Gasteiger partial charge in [0.15, 0.2) is 0 Å². The van der Waals surface area contributed by atoms with Gasteiger partial charge in [-0.25, -0.2) is 0 Å². The molecular formula is C12H14ClNO3S. The maximum absolute atomic E-state index is 11.8. The molecule has 1 aliphatic carbocycles. The Morgan fingerprint density at radius 2 is 2.06 bits per heavy atom. The van der Waals surface area contributed by atoms with Crippen LogP contribution in [0.2, 0.25) is 4.34 Å². The van der Waals surface area contributed by atoms with Crippen LogP contribution in [0, 0.1) is 5.41 Å². The lowest BCUT2D eigenvalue weighted by Gasteiger charge is -2.23. The molecule has 2 rings (SSSR count). The molecule has 0 radical (unpaired) electrons. The number of carbonyl (C=O) groups excluding carboxylic acids is 1. The van der Waals surface area contributed by atoms with Crippen LogP contribution in [0.4, 0.5) is 0 Å². The number of aliphatic carboxylic acids is 1. The Bertz CT molecular complexity index is 466. The molecule has 0 saturated heterocycles. The van der Waals surface area contributed by atoms with E-state index in [0.29, 0.717) is 22.1 Å². The molecule has 0 unspecified atom stereocenters. The monoisotopic (exact) mass is 287 g/mol. The number of rotatable bonds is 4. The van der Waals surface area contributed by atoms with Crippen molar-refractivity contribution in [3.8, 4) is 0 Å². The SMILES string of the molecule is O=C(NCC1(C(=O)O)CCCC1)c1ccc(Cl)s1. The van der Waals surface area contributed by atoms with Gasteiger partial charge in [0.1, 0.15) is 0 Å². The fourth-order valence-corrected chi connectivity index (χ4v) is 3.25. The first kappa shape index (κ1) is 13.4. The number of hydrogen-bond donors (Lipinski definition) is 2. The predicted octanol–water partition coefficient (Wildman–Crippen LogP) is 2.78. The van der Waals surface area contributed by atoms with Crippen molar-refractivity contribution in [1.29, 1.82) is 0 Å². The minimum absolute atomic E-state index is 0.191. The highest BCUT2D eigenvalue weighted by Gasteiger charge is 2.41. The highest BCUT2D eigenvalue weighted by molar-refractivity contribution is 7.17. The zero-order valence-corrected chi connectivity index (χ0v) is 11.3. The third kappa shape index (κ3) is 2.67. The van der Waals surface area contributed by atoms with Crippen LogP contribution in [-0.2, 0) is 4.79 Å². The van der Waals surface area contributed by atoms with Crippen molar-refractivity contribution >= 4 is 34.8 Å². The Balaban J connectivity index is 1.98. The molecule has 0 aliphatic heterocycles. The highest BCUT2D eigenvalue weighted by Crippen LogP contribution is 2.37. The van der Waals surface area contributed by atoms with Gasteiger partial charge in [-0.15, -0.1) is 11.3 Å². The molecule has 2 N–H and O–H groups in total. The second kappa shape index (κ2) is 5.28. The molecule has 98 valence electrons. The number of thiophene rings is 1. The van der Waals surface area contributed by atoms with Crippen molar-refractivity contribution in [2.45, 2.75) is 25.7 Å². The summed E-state index contributed by atoms with van der Waals surface area (Å²) in [5, 5.41) is 12.0. The topological polar surface area (TPSA) is 66.4 Å². The fraction of sp³-hybridized carbons (Fsp3) is 0.500. The summed E-state index contributed by atoms with van der Waals surface area (Å²) in [6, 6.07) is 3.30. The van der Waals surface area contributed by atoms with E-state index in [1.165, 1.54) is 11.3 Å². The lowest BCUT2D eigenvalue weighted by molar-refractivity contribution is -0.148. The quantitative estimate of drug-likeness (QED) is 0.895. The highest BCUT2D eigenvalue weighted by atomic mass is 35.5. The minimum atomic E-state index is -0.815. The standard InChI is InChI=1S/C12H14ClNO3S/c13-9-4-3-8(18-9)10(15)14-7-12(11(16)17)5-1-2-6-12/h3-4H,1-2,5-7H2,(H,14,15)(H,16,17). The van der Waals surface area contributed by atoms with Crippen LogP contribution < -0.4 is 5.32 Å². The van der Waals surface area contributed by atoms with Gasteiger partial charge in [-0.3, -0.25) is 9.59 Å². The van der Waals surface area contributed by atoms with E-state index in [4.69, 9.17) is 11.6 Å². The number of carboxylic acid groups (broad SMARTS) is 1. The summed E-state index contributed by atoms with van der Waals surface area (Å²) in [6.07, 6.45) is 3.08. The number of carboxylic acids is 1. The molecule has 1 heterocycles. The maximum Gasteiger partial charge on any atom is 0.311 e. The van der Waals surface area contributed by atoms with Crippen molar-refractivity contribution in [3.05, 3.63) is 21.3 Å². The van der Waals surface area contributed by atoms with Gasteiger partial charge in [0.05, 0.1) is 14.6 Å². The molecule has 1 fully saturated rings. The van der Waals surface area contributed by atoms with Crippen LogP contribution in [0.15, 0.2) is 12.1 Å². The van der Waals surface area contributed by atoms with E-state index in [9.17, 15) is 14.7 Å². The Hall–Kier alpha value is -1.07. The summed E-state index contributed by atoms with van der Waals surface area (Å²) < 4.78 is 0.550. The zero-order chi connectivity index (χ0) is 13.2. The van der Waals surface area contributed by atoms with E-state index in [1.54, 1.807) is 12.1 Å². The molecule has 0 atom stereocenters. The maximum atomic E-state index is 11.8. The van der Waals surface area contributed by atoms with Gasteiger partial charge in [-0.2, -0.15) is 0 Å². The van der Waals surface area contributed by atoms with Gasteiger partial charge in [-0.05, 0) is 25.0 Å². The van der Waals surface area contributed by atoms with Crippen LogP contribution in [0.25, 0.3) is 0 Å². The second-order valence-corrected chi connectivity index (χ2v) is 6.29. The van der Waals surface area contributed by atoms with Crippen molar-refractivity contribution in [3.63, 3.8) is 0 Å². The predicted molar refractivity (Wildman–Crippen MR) is 70.2 cm³/mol. The summed E-state index contributed by atoms with van der Waals surface area (Å²) >= 11 is 6.95. The van der Waals surface area contributed by atoms with E-state index < -0.39 is 11.4 Å². The lowest BCUT2D eigenvalue weighted by Crippen LogP contribution is -2.41. The minimum Gasteiger partial charge on any atom is -0.481 e. The molecular weight excluding hydrogens is 274 g/mol. The van der Waals surface area contributed by atoms with E-state index in [0.717, 1.165) is 12.8 Å². The van der Waals surface area contributed by atoms with Crippen LogP contribution in [0.3, 0.4) is 0 Å². The number of hydrogen-bond acceptors (Lipinski definition) is 3. The molecule has 1 aliphatic rings. The van der Waals surface area contributed by atoms with Crippen LogP contribution in [0.5, 0.6) is 0 Å². The Kier molecular flexibility index (Phi) is 3.92. The summed E-state index contributed by atoms with van der Waals surface area (Å²) in [5.74, 6) is -1.07. The van der Waals surface area contributed by atoms with Crippen LogP contribution in [0.1, 0.15) is 35.4 Å². The normalized spacial score (nSPS) is 17.6. The van der Waals surface area contributed by atoms with Gasteiger partial charge in [0.2, 0.25) is 0 Å². The molecule has 1 aromatic heterocycles. The largest absolute Gasteiger partial charge is 0.481 e. The number of carbonyl (C=O) groups is 2. The van der Waals surface area contributed by atoms with Crippen LogP contribution in [-0.4, -0.2) is 23.5 Å². The van der Waals surface area contributed by atoms with E-state index >= 15 is 0 Å². The average molecular weight is 288 g/mol. The summed E-state index contributed by atoms with van der Waals surface area (Å²) in [5.41, 5.74) is -0.781. The first-order valence-electron chi connectivity index (χ1n) is 5.80. The van der Waals surface area contributed by atoms with Crippen molar-refractivity contribution in [2.75, 3.05) is 6.54 Å². The molecule has 18 heavy (non-hydrogen) atoms. The van der Waals surface area contributed by atoms with E-state index in [2.05, 4.69) is 5.32 Å². The molecule has 1 amide bonds.